The smallest absolute Gasteiger partial charge is 0.315 e. The molecule has 3 aliphatic rings. The third-order valence-corrected chi connectivity index (χ3v) is 6.16. The van der Waals surface area contributed by atoms with Gasteiger partial charge in [-0.05, 0) is 50.4 Å². The van der Waals surface area contributed by atoms with Crippen LogP contribution in [-0.4, -0.2) is 29.3 Å². The lowest BCUT2D eigenvalue weighted by Gasteiger charge is -2.33. The minimum Gasteiger partial charge on any atom is -0.391 e. The summed E-state index contributed by atoms with van der Waals surface area (Å²) in [6, 6.07) is 0.252. The fourth-order valence-corrected chi connectivity index (χ4v) is 4.89. The molecule has 4 nitrogen and oxygen atoms in total. The van der Waals surface area contributed by atoms with E-state index in [9.17, 15) is 9.90 Å². The van der Waals surface area contributed by atoms with Crippen molar-refractivity contribution < 1.29 is 9.90 Å². The minimum absolute atomic E-state index is 0.0465. The Morgan fingerprint density at radius 2 is 1.32 bits per heavy atom. The molecule has 22 heavy (non-hydrogen) atoms. The zero-order chi connectivity index (χ0) is 15.4. The van der Waals surface area contributed by atoms with Crippen molar-refractivity contribution in [1.29, 1.82) is 0 Å². The van der Waals surface area contributed by atoms with Crippen LogP contribution in [0, 0.1) is 11.8 Å². The SMILES string of the molecule is O=C(NC1CCCCC1O)NC(C1CCCC1)C1CCCC1. The Kier molecular flexibility index (Phi) is 5.61. The minimum atomic E-state index is -0.365. The molecule has 0 bridgehead atoms. The lowest BCUT2D eigenvalue weighted by Crippen LogP contribution is -2.53. The van der Waals surface area contributed by atoms with Crippen LogP contribution in [0.15, 0.2) is 0 Å². The van der Waals surface area contributed by atoms with Crippen LogP contribution in [0.3, 0.4) is 0 Å². The molecule has 0 saturated heterocycles. The van der Waals surface area contributed by atoms with Gasteiger partial charge in [0.05, 0.1) is 12.1 Å². The Morgan fingerprint density at radius 3 is 1.86 bits per heavy atom. The van der Waals surface area contributed by atoms with Crippen LogP contribution in [-0.2, 0) is 0 Å². The summed E-state index contributed by atoms with van der Waals surface area (Å²) in [5.41, 5.74) is 0. The molecule has 3 N–H and O–H groups in total. The highest BCUT2D eigenvalue weighted by Gasteiger charge is 2.35. The van der Waals surface area contributed by atoms with Crippen LogP contribution < -0.4 is 10.6 Å². The zero-order valence-electron chi connectivity index (χ0n) is 13.7. The van der Waals surface area contributed by atoms with Gasteiger partial charge in [-0.1, -0.05) is 38.5 Å². The first-order valence-corrected chi connectivity index (χ1v) is 9.49. The summed E-state index contributed by atoms with van der Waals surface area (Å²) in [7, 11) is 0. The number of rotatable bonds is 4. The molecule has 4 heteroatoms. The van der Waals surface area contributed by atoms with Crippen molar-refractivity contribution in [2.45, 2.75) is 95.2 Å². The second-order valence-electron chi connectivity index (χ2n) is 7.69. The maximum atomic E-state index is 12.4. The molecular formula is C18H32N2O2. The lowest BCUT2D eigenvalue weighted by molar-refractivity contribution is 0.0932. The molecule has 3 rings (SSSR count). The van der Waals surface area contributed by atoms with Gasteiger partial charge >= 0.3 is 6.03 Å². The number of urea groups is 1. The number of nitrogens with one attached hydrogen (secondary N) is 2. The summed E-state index contributed by atoms with van der Waals surface area (Å²) < 4.78 is 0. The van der Waals surface area contributed by atoms with Gasteiger partial charge in [-0.25, -0.2) is 4.79 Å². The first-order chi connectivity index (χ1) is 10.7. The van der Waals surface area contributed by atoms with E-state index in [1.54, 1.807) is 0 Å². The van der Waals surface area contributed by atoms with E-state index in [-0.39, 0.29) is 18.2 Å². The highest BCUT2D eigenvalue weighted by Crippen LogP contribution is 2.37. The molecule has 2 unspecified atom stereocenters. The maximum absolute atomic E-state index is 12.4. The summed E-state index contributed by atoms with van der Waals surface area (Å²) in [6.07, 6.45) is 13.9. The number of carbonyl (C=O) groups is 1. The molecular weight excluding hydrogens is 276 g/mol. The van der Waals surface area contributed by atoms with Crippen LogP contribution in [0.25, 0.3) is 0 Å². The van der Waals surface area contributed by atoms with Gasteiger partial charge in [0.2, 0.25) is 0 Å². The second kappa shape index (κ2) is 7.67. The normalized spacial score (nSPS) is 30.8. The summed E-state index contributed by atoms with van der Waals surface area (Å²) >= 11 is 0. The molecule has 0 aromatic rings. The van der Waals surface area contributed by atoms with Crippen molar-refractivity contribution in [3.63, 3.8) is 0 Å². The van der Waals surface area contributed by atoms with E-state index < -0.39 is 0 Å². The van der Waals surface area contributed by atoms with Crippen molar-refractivity contribution in [2.24, 2.45) is 11.8 Å². The van der Waals surface area contributed by atoms with Gasteiger partial charge in [-0.3, -0.25) is 0 Å². The molecule has 0 spiro atoms. The standard InChI is InChI=1S/C18H32N2O2/c21-16-12-6-5-11-15(16)19-18(22)20-17(13-7-1-2-8-13)14-9-3-4-10-14/h13-17,21H,1-12H2,(H2,19,20,22). The Labute approximate surface area is 134 Å². The molecule has 2 atom stereocenters. The van der Waals surface area contributed by atoms with Crippen LogP contribution >= 0.6 is 0 Å². The highest BCUT2D eigenvalue weighted by atomic mass is 16.3. The molecule has 2 amide bonds. The van der Waals surface area contributed by atoms with Crippen molar-refractivity contribution in [3.05, 3.63) is 0 Å². The average Bonchev–Trinajstić information content (AvgIpc) is 3.21. The summed E-state index contributed by atoms with van der Waals surface area (Å²) in [5.74, 6) is 1.34. The number of aliphatic hydroxyl groups excluding tert-OH is 1. The predicted octanol–water partition coefficient (Wildman–Crippen LogP) is 3.34. The second-order valence-corrected chi connectivity index (χ2v) is 7.69. The van der Waals surface area contributed by atoms with Crippen LogP contribution in [0.1, 0.15) is 77.0 Å². The first-order valence-electron chi connectivity index (χ1n) is 9.49. The van der Waals surface area contributed by atoms with Crippen molar-refractivity contribution >= 4 is 6.03 Å². The topological polar surface area (TPSA) is 61.4 Å². The van der Waals surface area contributed by atoms with Gasteiger partial charge in [0.1, 0.15) is 0 Å². The lowest BCUT2D eigenvalue weighted by atomic mass is 9.86. The van der Waals surface area contributed by atoms with E-state index in [1.165, 1.54) is 51.4 Å². The van der Waals surface area contributed by atoms with Crippen LogP contribution in [0.5, 0.6) is 0 Å². The molecule has 0 aliphatic heterocycles. The molecule has 0 heterocycles. The fraction of sp³-hybridized carbons (Fsp3) is 0.944. The summed E-state index contributed by atoms with van der Waals surface area (Å²) in [5, 5.41) is 16.4. The predicted molar refractivity (Wildman–Crippen MR) is 87.6 cm³/mol. The maximum Gasteiger partial charge on any atom is 0.315 e. The van der Waals surface area contributed by atoms with Gasteiger partial charge < -0.3 is 15.7 Å². The quantitative estimate of drug-likeness (QED) is 0.746. The monoisotopic (exact) mass is 308 g/mol. The van der Waals surface area contributed by atoms with Crippen LogP contribution in [0.2, 0.25) is 0 Å². The van der Waals surface area contributed by atoms with Crippen molar-refractivity contribution in [3.8, 4) is 0 Å². The Morgan fingerprint density at radius 1 is 0.818 bits per heavy atom. The van der Waals surface area contributed by atoms with Gasteiger partial charge in [-0.15, -0.1) is 0 Å². The van der Waals surface area contributed by atoms with E-state index in [4.69, 9.17) is 0 Å². The third-order valence-electron chi connectivity index (χ3n) is 6.16. The van der Waals surface area contributed by atoms with Crippen LogP contribution in [0.4, 0.5) is 4.79 Å². The number of carbonyl (C=O) groups excluding carboxylic acids is 1. The molecule has 3 fully saturated rings. The Hall–Kier alpha value is -0.770. The molecule has 0 aromatic heterocycles. The molecule has 3 aliphatic carbocycles. The van der Waals surface area contributed by atoms with E-state index in [2.05, 4.69) is 10.6 Å². The van der Waals surface area contributed by atoms with E-state index >= 15 is 0 Å². The Bertz CT molecular complexity index is 346. The fourth-order valence-electron chi connectivity index (χ4n) is 4.89. The van der Waals surface area contributed by atoms with E-state index in [1.807, 2.05) is 0 Å². The molecule has 3 saturated carbocycles. The third kappa shape index (κ3) is 3.95. The Balaban J connectivity index is 1.55. The average molecular weight is 308 g/mol. The van der Waals surface area contributed by atoms with Gasteiger partial charge in [0.15, 0.2) is 0 Å². The zero-order valence-corrected chi connectivity index (χ0v) is 13.7. The van der Waals surface area contributed by atoms with Crippen molar-refractivity contribution in [2.75, 3.05) is 0 Å². The van der Waals surface area contributed by atoms with Gasteiger partial charge in [-0.2, -0.15) is 0 Å². The van der Waals surface area contributed by atoms with E-state index in [0.717, 1.165) is 25.7 Å². The molecule has 0 radical (unpaired) electrons. The number of amides is 2. The molecule has 126 valence electrons. The van der Waals surface area contributed by atoms with Gasteiger partial charge in [0.25, 0.3) is 0 Å². The first kappa shape index (κ1) is 16.1. The largest absolute Gasteiger partial charge is 0.391 e. The van der Waals surface area contributed by atoms with Gasteiger partial charge in [0, 0.05) is 6.04 Å². The summed E-state index contributed by atoms with van der Waals surface area (Å²) in [6.45, 7) is 0. The van der Waals surface area contributed by atoms with Crippen molar-refractivity contribution in [1.82, 2.24) is 10.6 Å². The summed E-state index contributed by atoms with van der Waals surface area (Å²) in [4.78, 5) is 12.4. The number of hydrogen-bond donors (Lipinski definition) is 3. The van der Waals surface area contributed by atoms with E-state index in [0.29, 0.717) is 17.9 Å². The number of aliphatic hydroxyl groups is 1. The molecule has 0 aromatic carbocycles. The highest BCUT2D eigenvalue weighted by molar-refractivity contribution is 5.74. The number of hydrogen-bond acceptors (Lipinski definition) is 2.